The van der Waals surface area contributed by atoms with E-state index in [1.54, 1.807) is 0 Å². The van der Waals surface area contributed by atoms with E-state index in [9.17, 15) is 4.79 Å². The number of carbonyl (C=O) groups is 1. The molecule has 156 valence electrons. The van der Waals surface area contributed by atoms with Gasteiger partial charge in [0.2, 0.25) is 0 Å². The molecule has 0 radical (unpaired) electrons. The van der Waals surface area contributed by atoms with Gasteiger partial charge in [-0.15, -0.1) is 24.8 Å². The summed E-state index contributed by atoms with van der Waals surface area (Å²) in [6.45, 7) is 2.98. The number of ether oxygens (including phenoxy) is 1. The molecule has 0 spiro atoms. The summed E-state index contributed by atoms with van der Waals surface area (Å²) in [6.07, 6.45) is 5.34. The first-order chi connectivity index (χ1) is 13.2. The second kappa shape index (κ2) is 9.91. The maximum atomic E-state index is 12.5. The Morgan fingerprint density at radius 1 is 1.28 bits per heavy atom. The Morgan fingerprint density at radius 3 is 2.76 bits per heavy atom. The van der Waals surface area contributed by atoms with Crippen LogP contribution in [0.15, 0.2) is 42.9 Å². The largest absolute Gasteiger partial charge is 0.465 e. The summed E-state index contributed by atoms with van der Waals surface area (Å²) in [6, 6.07) is 9.52. The Morgan fingerprint density at radius 2 is 2.03 bits per heavy atom. The predicted molar refractivity (Wildman–Crippen MR) is 119 cm³/mol. The number of nitrogens with zero attached hydrogens (tertiary/aromatic N) is 3. The van der Waals surface area contributed by atoms with Crippen molar-refractivity contribution in [3.05, 3.63) is 42.9 Å². The molecule has 1 fully saturated rings. The minimum absolute atomic E-state index is 0. The Labute approximate surface area is 181 Å². The summed E-state index contributed by atoms with van der Waals surface area (Å²) >= 11 is 0. The molecule has 1 aliphatic heterocycles. The van der Waals surface area contributed by atoms with Crippen LogP contribution < -0.4 is 11.1 Å². The number of rotatable bonds is 4. The van der Waals surface area contributed by atoms with Gasteiger partial charge in [0.05, 0.1) is 18.0 Å². The number of hydrogen-bond donors (Lipinski definition) is 2. The Bertz CT molecular complexity index is 964. The van der Waals surface area contributed by atoms with E-state index < -0.39 is 6.04 Å². The molecule has 0 bridgehead atoms. The van der Waals surface area contributed by atoms with Crippen LogP contribution in [0.1, 0.15) is 25.8 Å². The van der Waals surface area contributed by atoms with Crippen LogP contribution in [-0.4, -0.2) is 39.7 Å². The molecule has 1 aliphatic rings. The summed E-state index contributed by atoms with van der Waals surface area (Å²) in [7, 11) is 0. The van der Waals surface area contributed by atoms with Gasteiger partial charge in [-0.1, -0.05) is 30.3 Å². The topological polar surface area (TPSA) is 95.1 Å². The van der Waals surface area contributed by atoms with Gasteiger partial charge < -0.3 is 20.4 Å². The van der Waals surface area contributed by atoms with Gasteiger partial charge >= 0.3 is 5.97 Å². The monoisotopic (exact) mass is 437 g/mol. The van der Waals surface area contributed by atoms with Gasteiger partial charge in [-0.3, -0.25) is 4.79 Å². The average molecular weight is 438 g/mol. The van der Waals surface area contributed by atoms with Gasteiger partial charge in [0, 0.05) is 11.8 Å². The molecule has 1 saturated heterocycles. The first kappa shape index (κ1) is 22.9. The van der Waals surface area contributed by atoms with Crippen LogP contribution in [0.2, 0.25) is 0 Å². The molecular weight excluding hydrogens is 413 g/mol. The minimum Gasteiger partial charge on any atom is -0.465 e. The number of aromatic nitrogens is 3. The van der Waals surface area contributed by atoms with Gasteiger partial charge in [-0.2, -0.15) is 0 Å². The van der Waals surface area contributed by atoms with Crippen molar-refractivity contribution in [1.29, 1.82) is 0 Å². The number of carbonyl (C=O) groups excluding carboxylic acids is 1. The highest BCUT2D eigenvalue weighted by Crippen LogP contribution is 2.36. The number of nitrogens with two attached hydrogens (primary N) is 1. The number of hydrogen-bond acceptors (Lipinski definition) is 6. The third kappa shape index (κ3) is 4.32. The zero-order chi connectivity index (χ0) is 18.8. The number of nitrogen functional groups attached to an aromatic ring is 1. The fraction of sp³-hybridized carbons (Fsp3) is 0.350. The number of benzene rings is 1. The second-order valence-corrected chi connectivity index (χ2v) is 6.67. The number of esters is 1. The maximum Gasteiger partial charge on any atom is 0.325 e. The lowest BCUT2D eigenvalue weighted by Gasteiger charge is -2.32. The molecule has 1 aromatic carbocycles. The number of halogens is 2. The number of fused-ring (bicyclic) bond motifs is 1. The predicted octanol–water partition coefficient (Wildman–Crippen LogP) is 3.38. The van der Waals surface area contributed by atoms with Crippen molar-refractivity contribution in [2.75, 3.05) is 18.9 Å². The maximum absolute atomic E-state index is 12.5. The molecule has 9 heteroatoms. The average Bonchev–Trinajstić information content (AvgIpc) is 3.10. The van der Waals surface area contributed by atoms with Crippen LogP contribution >= 0.6 is 24.8 Å². The second-order valence-electron chi connectivity index (χ2n) is 6.67. The highest BCUT2D eigenvalue weighted by atomic mass is 35.5. The lowest BCUT2D eigenvalue weighted by atomic mass is 9.98. The number of nitrogens with one attached hydrogen (secondary N) is 1. The van der Waals surface area contributed by atoms with Crippen molar-refractivity contribution in [3.8, 4) is 11.1 Å². The molecule has 7 nitrogen and oxygen atoms in total. The van der Waals surface area contributed by atoms with E-state index in [0.717, 1.165) is 41.5 Å². The van der Waals surface area contributed by atoms with Gasteiger partial charge in [-0.05, 0) is 31.9 Å². The van der Waals surface area contributed by atoms with E-state index >= 15 is 0 Å². The van der Waals surface area contributed by atoms with Gasteiger partial charge in [-0.25, -0.2) is 9.97 Å². The molecule has 0 amide bonds. The molecule has 3 N–H and O–H groups in total. The van der Waals surface area contributed by atoms with Crippen molar-refractivity contribution in [2.45, 2.75) is 31.8 Å². The van der Waals surface area contributed by atoms with Crippen molar-refractivity contribution < 1.29 is 9.53 Å². The van der Waals surface area contributed by atoms with E-state index in [2.05, 4.69) is 19.9 Å². The number of anilines is 1. The molecule has 2 atom stereocenters. The Kier molecular flexibility index (Phi) is 7.84. The fourth-order valence-electron chi connectivity index (χ4n) is 3.84. The Hall–Kier alpha value is -2.35. The van der Waals surface area contributed by atoms with Crippen molar-refractivity contribution in [1.82, 2.24) is 19.9 Å². The van der Waals surface area contributed by atoms with E-state index in [0.29, 0.717) is 12.4 Å². The highest BCUT2D eigenvalue weighted by molar-refractivity contribution is 6.00. The van der Waals surface area contributed by atoms with E-state index in [1.807, 2.05) is 43.5 Å². The quantitative estimate of drug-likeness (QED) is 0.607. The van der Waals surface area contributed by atoms with Crippen LogP contribution in [0.5, 0.6) is 0 Å². The SMILES string of the molecule is CCOC(=O)C1NCCCC1n1cc(-c2ccccc2)c2c(N)ncnc21.Cl.Cl. The van der Waals surface area contributed by atoms with Crippen LogP contribution in [0.4, 0.5) is 5.82 Å². The lowest BCUT2D eigenvalue weighted by Crippen LogP contribution is -2.48. The van der Waals surface area contributed by atoms with Gasteiger partial charge in [0.15, 0.2) is 0 Å². The minimum atomic E-state index is -0.408. The normalized spacial score (nSPS) is 18.5. The van der Waals surface area contributed by atoms with Crippen molar-refractivity contribution >= 4 is 47.6 Å². The smallest absolute Gasteiger partial charge is 0.325 e. The van der Waals surface area contributed by atoms with E-state index in [1.165, 1.54) is 6.33 Å². The van der Waals surface area contributed by atoms with Crippen LogP contribution in [0.25, 0.3) is 22.2 Å². The van der Waals surface area contributed by atoms with Crippen LogP contribution in [0.3, 0.4) is 0 Å². The molecule has 2 unspecified atom stereocenters. The standard InChI is InChI=1S/C20H23N5O2.2ClH/c1-2-27-20(26)17-15(9-6-10-22-17)25-11-14(13-7-4-3-5-8-13)16-18(21)23-12-24-19(16)25;;/h3-5,7-8,11-12,15,17,22H,2,6,9-10H2,1H3,(H2,21,23,24);2*1H. The summed E-state index contributed by atoms with van der Waals surface area (Å²) in [5.74, 6) is 0.210. The molecule has 0 aliphatic carbocycles. The van der Waals surface area contributed by atoms with E-state index in [4.69, 9.17) is 10.5 Å². The van der Waals surface area contributed by atoms with Crippen LogP contribution in [0, 0.1) is 0 Å². The zero-order valence-corrected chi connectivity index (χ0v) is 17.7. The highest BCUT2D eigenvalue weighted by Gasteiger charge is 2.34. The third-order valence-corrected chi connectivity index (χ3v) is 5.05. The molecule has 0 saturated carbocycles. The first-order valence-electron chi connectivity index (χ1n) is 9.27. The zero-order valence-electron chi connectivity index (χ0n) is 16.1. The van der Waals surface area contributed by atoms with E-state index in [-0.39, 0.29) is 36.8 Å². The summed E-state index contributed by atoms with van der Waals surface area (Å²) < 4.78 is 7.35. The summed E-state index contributed by atoms with van der Waals surface area (Å²) in [5.41, 5.74) is 8.96. The third-order valence-electron chi connectivity index (χ3n) is 5.05. The molecule has 2 aromatic heterocycles. The van der Waals surface area contributed by atoms with Crippen molar-refractivity contribution in [2.24, 2.45) is 0 Å². The van der Waals surface area contributed by atoms with Gasteiger partial charge in [0.1, 0.15) is 23.8 Å². The summed E-state index contributed by atoms with van der Waals surface area (Å²) in [4.78, 5) is 21.2. The molecular formula is C20H25Cl2N5O2. The Balaban J connectivity index is 0.00000150. The molecule has 4 rings (SSSR count). The molecule has 3 aromatic rings. The van der Waals surface area contributed by atoms with Gasteiger partial charge in [0.25, 0.3) is 0 Å². The van der Waals surface area contributed by atoms with Crippen molar-refractivity contribution in [3.63, 3.8) is 0 Å². The number of piperidine rings is 1. The summed E-state index contributed by atoms with van der Waals surface area (Å²) in [5, 5.41) is 4.13. The molecule has 29 heavy (non-hydrogen) atoms. The van der Waals surface area contributed by atoms with Crippen LogP contribution in [-0.2, 0) is 9.53 Å². The lowest BCUT2D eigenvalue weighted by molar-refractivity contribution is -0.147. The molecule has 3 heterocycles. The first-order valence-corrected chi connectivity index (χ1v) is 9.27. The fourth-order valence-corrected chi connectivity index (χ4v) is 3.84.